The second-order valence-corrected chi connectivity index (χ2v) is 9.50. The molecule has 1 aliphatic rings. The number of anilines is 1. The SMILES string of the molecule is CCCS(=O)(=O)NC1=CC=C=C(F)C(C(=O)c2c[nH]c3ncc(C(=O)Nc4cccnc4)cc23)=C1F. The molecule has 0 unspecified atom stereocenters. The van der Waals surface area contributed by atoms with Gasteiger partial charge in [0.2, 0.25) is 15.8 Å². The zero-order valence-corrected chi connectivity index (χ0v) is 19.6. The standard InChI is InChI=1S/C24H19F2N5O4S/c1-2-9-36(34,35)31-19-7-3-6-18(25)20(21(19)26)22(32)17-13-29-23-16(17)10-14(11-28-23)24(33)30-15-5-4-8-27-12-15/h3-5,7-8,10-13,31H,2,9H2,1H3,(H,28,29)(H,30,33). The quantitative estimate of drug-likeness (QED) is 0.311. The average Bonchev–Trinajstić information content (AvgIpc) is 3.21. The van der Waals surface area contributed by atoms with E-state index in [4.69, 9.17) is 0 Å². The molecule has 0 spiro atoms. The maximum atomic E-state index is 15.3. The normalized spacial score (nSPS) is 13.8. The van der Waals surface area contributed by atoms with Crippen molar-refractivity contribution in [3.05, 3.63) is 94.9 Å². The van der Waals surface area contributed by atoms with Crippen LogP contribution in [0.2, 0.25) is 0 Å². The number of nitrogens with one attached hydrogen (secondary N) is 3. The van der Waals surface area contributed by atoms with Crippen LogP contribution in [0.4, 0.5) is 14.5 Å². The van der Waals surface area contributed by atoms with Crippen LogP contribution in [-0.4, -0.2) is 40.8 Å². The number of H-pyrrole nitrogens is 1. The van der Waals surface area contributed by atoms with E-state index < -0.39 is 44.6 Å². The highest BCUT2D eigenvalue weighted by Crippen LogP contribution is 2.30. The summed E-state index contributed by atoms with van der Waals surface area (Å²) < 4.78 is 56.4. The van der Waals surface area contributed by atoms with E-state index in [1.54, 1.807) is 25.3 Å². The van der Waals surface area contributed by atoms with Crippen molar-refractivity contribution in [1.29, 1.82) is 0 Å². The molecule has 3 N–H and O–H groups in total. The molecule has 4 rings (SSSR count). The highest BCUT2D eigenvalue weighted by Gasteiger charge is 2.29. The Labute approximate surface area is 204 Å². The zero-order valence-electron chi connectivity index (χ0n) is 18.8. The highest BCUT2D eigenvalue weighted by atomic mass is 32.2. The monoisotopic (exact) mass is 511 g/mol. The van der Waals surface area contributed by atoms with Gasteiger partial charge in [0.25, 0.3) is 5.91 Å². The lowest BCUT2D eigenvalue weighted by atomic mass is 10.0. The van der Waals surface area contributed by atoms with Crippen LogP contribution in [0.3, 0.4) is 0 Å². The molecule has 3 aromatic heterocycles. The molecule has 12 heteroatoms. The third kappa shape index (κ3) is 5.14. The molecule has 1 amide bonds. The van der Waals surface area contributed by atoms with Gasteiger partial charge in [-0.15, -0.1) is 0 Å². The first kappa shape index (κ1) is 24.7. The Morgan fingerprint density at radius 2 is 2.03 bits per heavy atom. The molecule has 1 aliphatic carbocycles. The summed E-state index contributed by atoms with van der Waals surface area (Å²) >= 11 is 0. The molecule has 184 valence electrons. The Kier molecular flexibility index (Phi) is 6.91. The molecule has 0 aromatic carbocycles. The number of fused-ring (bicyclic) bond motifs is 1. The topological polar surface area (TPSA) is 134 Å². The molecule has 3 aromatic rings. The summed E-state index contributed by atoms with van der Waals surface area (Å²) in [5, 5.41) is 2.77. The van der Waals surface area contributed by atoms with E-state index in [0.29, 0.717) is 5.69 Å². The number of carbonyl (C=O) groups is 2. The molecule has 3 heterocycles. The zero-order chi connectivity index (χ0) is 25.9. The minimum Gasteiger partial charge on any atom is -0.345 e. The molecule has 0 aliphatic heterocycles. The van der Waals surface area contributed by atoms with Gasteiger partial charge in [0, 0.05) is 29.5 Å². The predicted octanol–water partition coefficient (Wildman–Crippen LogP) is 3.85. The van der Waals surface area contributed by atoms with Gasteiger partial charge in [-0.1, -0.05) is 12.7 Å². The number of Topliss-reactive ketones (excluding diaryl/α,β-unsaturated/α-hetero) is 1. The molecule has 0 bridgehead atoms. The van der Waals surface area contributed by atoms with Crippen molar-refractivity contribution >= 4 is 38.4 Å². The summed E-state index contributed by atoms with van der Waals surface area (Å²) in [6.07, 6.45) is 7.67. The summed E-state index contributed by atoms with van der Waals surface area (Å²) in [6, 6.07) is 4.62. The first-order chi connectivity index (χ1) is 17.2. The Morgan fingerprint density at radius 3 is 2.75 bits per heavy atom. The number of hydrogen-bond donors (Lipinski definition) is 3. The van der Waals surface area contributed by atoms with E-state index in [2.05, 4.69) is 26.0 Å². The minimum atomic E-state index is -3.92. The minimum absolute atomic E-state index is 0.0825. The first-order valence-corrected chi connectivity index (χ1v) is 12.3. The number of aromatic nitrogens is 3. The van der Waals surface area contributed by atoms with Gasteiger partial charge in [0.1, 0.15) is 11.2 Å². The van der Waals surface area contributed by atoms with Gasteiger partial charge in [-0.05, 0) is 36.8 Å². The van der Waals surface area contributed by atoms with Crippen LogP contribution in [0.25, 0.3) is 11.0 Å². The fraction of sp³-hybridized carbons (Fsp3) is 0.125. The molecular weight excluding hydrogens is 492 g/mol. The average molecular weight is 512 g/mol. The molecule has 36 heavy (non-hydrogen) atoms. The second-order valence-electron chi connectivity index (χ2n) is 7.66. The summed E-state index contributed by atoms with van der Waals surface area (Å²) in [5.74, 6) is -4.64. The van der Waals surface area contributed by atoms with Crippen LogP contribution in [0.5, 0.6) is 0 Å². The van der Waals surface area contributed by atoms with Crippen LogP contribution >= 0.6 is 0 Å². The number of allylic oxidation sites excluding steroid dienone is 4. The molecule has 0 saturated carbocycles. The molecular formula is C24H19F2N5O4S. The Bertz CT molecular complexity index is 1600. The van der Waals surface area contributed by atoms with Crippen molar-refractivity contribution in [2.45, 2.75) is 13.3 Å². The smallest absolute Gasteiger partial charge is 0.257 e. The Morgan fingerprint density at radius 1 is 1.22 bits per heavy atom. The van der Waals surface area contributed by atoms with Gasteiger partial charge in [0.05, 0.1) is 28.9 Å². The molecule has 0 saturated heterocycles. The van der Waals surface area contributed by atoms with E-state index >= 15 is 4.39 Å². The maximum absolute atomic E-state index is 15.3. The third-order valence-electron chi connectivity index (χ3n) is 5.06. The number of aromatic amines is 1. The molecule has 0 fully saturated rings. The van der Waals surface area contributed by atoms with Crippen LogP contribution < -0.4 is 10.0 Å². The number of carbonyl (C=O) groups excluding carboxylic acids is 2. The van der Waals surface area contributed by atoms with Crippen molar-refractivity contribution in [1.82, 2.24) is 19.7 Å². The number of halogens is 2. The second kappa shape index (κ2) is 10.1. The van der Waals surface area contributed by atoms with Gasteiger partial charge >= 0.3 is 0 Å². The number of hydrogen-bond acceptors (Lipinski definition) is 6. The van der Waals surface area contributed by atoms with E-state index in [1.165, 1.54) is 24.7 Å². The van der Waals surface area contributed by atoms with Crippen molar-refractivity contribution in [2.75, 3.05) is 11.1 Å². The van der Waals surface area contributed by atoms with E-state index in [-0.39, 0.29) is 34.3 Å². The van der Waals surface area contributed by atoms with Crippen molar-refractivity contribution in [3.8, 4) is 0 Å². The number of amides is 1. The number of sulfonamides is 1. The van der Waals surface area contributed by atoms with Gasteiger partial charge in [-0.3, -0.25) is 19.3 Å². The van der Waals surface area contributed by atoms with Gasteiger partial charge in [0.15, 0.2) is 11.7 Å². The summed E-state index contributed by atoms with van der Waals surface area (Å²) in [7, 11) is -3.92. The largest absolute Gasteiger partial charge is 0.345 e. The Balaban J connectivity index is 1.72. The van der Waals surface area contributed by atoms with Gasteiger partial charge < -0.3 is 10.3 Å². The number of pyridine rings is 2. The van der Waals surface area contributed by atoms with E-state index in [0.717, 1.165) is 12.2 Å². The van der Waals surface area contributed by atoms with Crippen LogP contribution in [0, 0.1) is 0 Å². The summed E-state index contributed by atoms with van der Waals surface area (Å²) in [4.78, 5) is 36.7. The lowest BCUT2D eigenvalue weighted by Crippen LogP contribution is -2.26. The number of nitrogens with zero attached hydrogens (tertiary/aromatic N) is 2. The number of ketones is 1. The van der Waals surface area contributed by atoms with Crippen LogP contribution in [-0.2, 0) is 10.0 Å². The molecule has 0 radical (unpaired) electrons. The Hall–Kier alpha value is -4.41. The maximum Gasteiger partial charge on any atom is 0.257 e. The molecule has 0 atom stereocenters. The first-order valence-electron chi connectivity index (χ1n) is 10.7. The van der Waals surface area contributed by atoms with Crippen molar-refractivity contribution < 1.29 is 26.8 Å². The predicted molar refractivity (Wildman–Crippen MR) is 129 cm³/mol. The third-order valence-corrected chi connectivity index (χ3v) is 6.53. The van der Waals surface area contributed by atoms with E-state index in [1.807, 2.05) is 4.72 Å². The van der Waals surface area contributed by atoms with Crippen molar-refractivity contribution in [2.24, 2.45) is 0 Å². The van der Waals surface area contributed by atoms with E-state index in [9.17, 15) is 22.4 Å². The fourth-order valence-corrected chi connectivity index (χ4v) is 4.56. The highest BCUT2D eigenvalue weighted by molar-refractivity contribution is 7.89. The summed E-state index contributed by atoms with van der Waals surface area (Å²) in [5.41, 5.74) is 1.05. The lowest BCUT2D eigenvalue weighted by molar-refractivity contribution is 0.101. The van der Waals surface area contributed by atoms with Crippen molar-refractivity contribution in [3.63, 3.8) is 0 Å². The van der Waals surface area contributed by atoms with Crippen LogP contribution in [0.15, 0.2) is 83.8 Å². The lowest BCUT2D eigenvalue weighted by Gasteiger charge is -2.11. The van der Waals surface area contributed by atoms with Gasteiger partial charge in [-0.25, -0.2) is 17.8 Å². The summed E-state index contributed by atoms with van der Waals surface area (Å²) in [6.45, 7) is 1.62. The molecule has 9 nitrogen and oxygen atoms in total. The number of rotatable bonds is 8. The fourth-order valence-electron chi connectivity index (χ4n) is 3.43. The van der Waals surface area contributed by atoms with Crippen LogP contribution in [0.1, 0.15) is 34.1 Å². The van der Waals surface area contributed by atoms with Gasteiger partial charge in [-0.2, -0.15) is 4.39 Å².